The van der Waals surface area contributed by atoms with Crippen LogP contribution in [0.15, 0.2) is 78.9 Å². The van der Waals surface area contributed by atoms with Gasteiger partial charge in [-0.25, -0.2) is 0 Å². The van der Waals surface area contributed by atoms with Gasteiger partial charge in [0.1, 0.15) is 6.61 Å². The second-order valence-corrected chi connectivity index (χ2v) is 8.71. The van der Waals surface area contributed by atoms with Crippen molar-refractivity contribution in [2.24, 2.45) is 0 Å². The first-order chi connectivity index (χ1) is 16.9. The molecule has 0 bridgehead atoms. The third-order valence-electron chi connectivity index (χ3n) is 5.41. The molecule has 3 aromatic rings. The number of hydrogen-bond acceptors (Lipinski definition) is 4. The van der Waals surface area contributed by atoms with Gasteiger partial charge in [0, 0.05) is 23.9 Å². The molecule has 0 saturated carbocycles. The van der Waals surface area contributed by atoms with E-state index in [4.69, 9.17) is 21.4 Å². The van der Waals surface area contributed by atoms with Crippen molar-refractivity contribution in [1.82, 2.24) is 5.32 Å². The molecular weight excluding hydrogens is 466 g/mol. The highest BCUT2D eigenvalue weighted by molar-refractivity contribution is 6.30. The molecular formula is C28H28ClNO5. The van der Waals surface area contributed by atoms with Crippen LogP contribution >= 0.6 is 11.6 Å². The molecule has 0 aromatic heterocycles. The summed E-state index contributed by atoms with van der Waals surface area (Å²) in [7, 11) is 0. The Morgan fingerprint density at radius 1 is 0.857 bits per heavy atom. The molecule has 182 valence electrons. The van der Waals surface area contributed by atoms with E-state index in [1.54, 1.807) is 0 Å². The van der Waals surface area contributed by atoms with Gasteiger partial charge < -0.3 is 15.2 Å². The SMILES string of the molecule is O=C(O)CCCC(=O)NC(CC(=O)OCc1ccccc1)Cc1ccc(-c2cccc(Cl)c2)cc1. The highest BCUT2D eigenvalue weighted by Crippen LogP contribution is 2.23. The Bertz CT molecular complexity index is 1130. The van der Waals surface area contributed by atoms with Crippen molar-refractivity contribution in [2.45, 2.75) is 44.8 Å². The van der Waals surface area contributed by atoms with Gasteiger partial charge >= 0.3 is 11.9 Å². The van der Waals surface area contributed by atoms with Gasteiger partial charge in [0.15, 0.2) is 0 Å². The Labute approximate surface area is 209 Å². The molecule has 0 heterocycles. The summed E-state index contributed by atoms with van der Waals surface area (Å²) < 4.78 is 5.40. The maximum atomic E-state index is 12.5. The Balaban J connectivity index is 1.63. The van der Waals surface area contributed by atoms with Crippen molar-refractivity contribution in [3.63, 3.8) is 0 Å². The first kappa shape index (κ1) is 26.0. The van der Waals surface area contributed by atoms with Crippen LogP contribution in [-0.2, 0) is 32.1 Å². The number of esters is 1. The molecule has 1 unspecified atom stereocenters. The van der Waals surface area contributed by atoms with Crippen LogP contribution in [0.2, 0.25) is 5.02 Å². The van der Waals surface area contributed by atoms with Crippen LogP contribution in [0, 0.1) is 0 Å². The van der Waals surface area contributed by atoms with Crippen molar-refractivity contribution in [3.8, 4) is 11.1 Å². The molecule has 1 amide bonds. The maximum Gasteiger partial charge on any atom is 0.308 e. The van der Waals surface area contributed by atoms with Crippen molar-refractivity contribution in [3.05, 3.63) is 95.0 Å². The number of aliphatic carboxylic acids is 1. The second-order valence-electron chi connectivity index (χ2n) is 8.27. The van der Waals surface area contributed by atoms with E-state index in [9.17, 15) is 14.4 Å². The second kappa shape index (κ2) is 13.3. The fourth-order valence-corrected chi connectivity index (χ4v) is 3.85. The lowest BCUT2D eigenvalue weighted by atomic mass is 9.99. The average molecular weight is 494 g/mol. The zero-order valence-electron chi connectivity index (χ0n) is 19.3. The predicted molar refractivity (Wildman–Crippen MR) is 135 cm³/mol. The molecule has 0 radical (unpaired) electrons. The van der Waals surface area contributed by atoms with E-state index in [0.29, 0.717) is 11.4 Å². The number of benzene rings is 3. The first-order valence-corrected chi connectivity index (χ1v) is 11.8. The third kappa shape index (κ3) is 9.26. The van der Waals surface area contributed by atoms with Crippen LogP contribution in [0.4, 0.5) is 0 Å². The van der Waals surface area contributed by atoms with E-state index in [-0.39, 0.29) is 38.2 Å². The first-order valence-electron chi connectivity index (χ1n) is 11.4. The summed E-state index contributed by atoms with van der Waals surface area (Å²) in [6, 6.07) is 24.3. The van der Waals surface area contributed by atoms with Crippen molar-refractivity contribution < 1.29 is 24.2 Å². The fraction of sp³-hybridized carbons (Fsp3) is 0.250. The minimum absolute atomic E-state index is 0.00749. The van der Waals surface area contributed by atoms with Gasteiger partial charge in [0.05, 0.1) is 6.42 Å². The summed E-state index contributed by atoms with van der Waals surface area (Å²) in [6.45, 7) is 0.160. The zero-order chi connectivity index (χ0) is 25.0. The standard InChI is InChI=1S/C28H28ClNO5/c29-24-9-4-8-23(17-24)22-14-12-20(13-15-22)16-25(30-26(31)10-5-11-27(32)33)18-28(34)35-19-21-6-2-1-3-7-21/h1-4,6-9,12-15,17,25H,5,10-11,16,18-19H2,(H,30,31)(H,32,33). The van der Waals surface area contributed by atoms with Gasteiger partial charge in [0.25, 0.3) is 0 Å². The Kier molecular flexibility index (Phi) is 9.87. The lowest BCUT2D eigenvalue weighted by molar-refractivity contribution is -0.145. The quantitative estimate of drug-likeness (QED) is 0.328. The molecule has 0 saturated heterocycles. The molecule has 0 aliphatic rings. The molecule has 1 atom stereocenters. The van der Waals surface area contributed by atoms with Gasteiger partial charge in [-0.1, -0.05) is 78.3 Å². The number of carbonyl (C=O) groups excluding carboxylic acids is 2. The monoisotopic (exact) mass is 493 g/mol. The lowest BCUT2D eigenvalue weighted by Crippen LogP contribution is -2.38. The molecule has 0 fully saturated rings. The predicted octanol–water partition coefficient (Wildman–Crippen LogP) is 5.42. The zero-order valence-corrected chi connectivity index (χ0v) is 20.0. The van der Waals surface area contributed by atoms with Gasteiger partial charge in [-0.3, -0.25) is 14.4 Å². The van der Waals surface area contributed by atoms with E-state index >= 15 is 0 Å². The summed E-state index contributed by atoms with van der Waals surface area (Å²) in [5.41, 5.74) is 3.83. The smallest absolute Gasteiger partial charge is 0.308 e. The normalized spacial score (nSPS) is 11.5. The number of rotatable bonds is 12. The van der Waals surface area contributed by atoms with Crippen LogP contribution in [0.5, 0.6) is 0 Å². The van der Waals surface area contributed by atoms with Crippen LogP contribution in [0.1, 0.15) is 36.8 Å². The molecule has 0 aliphatic carbocycles. The van der Waals surface area contributed by atoms with Crippen LogP contribution < -0.4 is 5.32 Å². The van der Waals surface area contributed by atoms with Crippen LogP contribution in [0.25, 0.3) is 11.1 Å². The number of carboxylic acids is 1. The largest absolute Gasteiger partial charge is 0.481 e. The van der Waals surface area contributed by atoms with Crippen molar-refractivity contribution >= 4 is 29.4 Å². The summed E-state index contributed by atoms with van der Waals surface area (Å²) in [5.74, 6) is -1.65. The van der Waals surface area contributed by atoms with E-state index in [1.165, 1.54) is 0 Å². The number of hydrogen-bond donors (Lipinski definition) is 2. The molecule has 3 aromatic carbocycles. The van der Waals surface area contributed by atoms with Crippen molar-refractivity contribution in [1.29, 1.82) is 0 Å². The topological polar surface area (TPSA) is 92.7 Å². The van der Waals surface area contributed by atoms with Gasteiger partial charge in [-0.15, -0.1) is 0 Å². The molecule has 0 aliphatic heterocycles. The maximum absolute atomic E-state index is 12.5. The molecule has 7 heteroatoms. The number of nitrogens with one attached hydrogen (secondary N) is 1. The number of amides is 1. The fourth-order valence-electron chi connectivity index (χ4n) is 3.66. The average Bonchev–Trinajstić information content (AvgIpc) is 2.83. The minimum atomic E-state index is -0.946. The molecule has 0 spiro atoms. The van der Waals surface area contributed by atoms with E-state index in [0.717, 1.165) is 22.3 Å². The van der Waals surface area contributed by atoms with Crippen LogP contribution in [0.3, 0.4) is 0 Å². The number of carboxylic acid groups (broad SMARTS) is 1. The Hall–Kier alpha value is -3.64. The van der Waals surface area contributed by atoms with E-state index in [1.807, 2.05) is 78.9 Å². The Morgan fingerprint density at radius 2 is 1.60 bits per heavy atom. The summed E-state index contributed by atoms with van der Waals surface area (Å²) in [6.07, 6.45) is 0.674. The number of carbonyl (C=O) groups is 3. The number of halogens is 1. The molecule has 6 nitrogen and oxygen atoms in total. The van der Waals surface area contributed by atoms with Gasteiger partial charge in [0.2, 0.25) is 5.91 Å². The highest BCUT2D eigenvalue weighted by atomic mass is 35.5. The summed E-state index contributed by atoms with van der Waals surface area (Å²) >= 11 is 6.09. The highest BCUT2D eigenvalue weighted by Gasteiger charge is 2.19. The van der Waals surface area contributed by atoms with Gasteiger partial charge in [-0.2, -0.15) is 0 Å². The Morgan fingerprint density at radius 3 is 2.29 bits per heavy atom. The van der Waals surface area contributed by atoms with Crippen LogP contribution in [-0.4, -0.2) is 29.0 Å². The summed E-state index contributed by atoms with van der Waals surface area (Å²) in [4.78, 5) is 35.6. The molecule has 3 rings (SSSR count). The minimum Gasteiger partial charge on any atom is -0.481 e. The summed E-state index contributed by atoms with van der Waals surface area (Å²) in [5, 5.41) is 12.3. The van der Waals surface area contributed by atoms with Gasteiger partial charge in [-0.05, 0) is 47.2 Å². The van der Waals surface area contributed by atoms with Crippen molar-refractivity contribution in [2.75, 3.05) is 0 Å². The van der Waals surface area contributed by atoms with E-state index in [2.05, 4.69) is 5.32 Å². The third-order valence-corrected chi connectivity index (χ3v) is 5.64. The lowest BCUT2D eigenvalue weighted by Gasteiger charge is -2.19. The molecule has 35 heavy (non-hydrogen) atoms. The molecule has 2 N–H and O–H groups in total. The number of ether oxygens (including phenoxy) is 1. The van der Waals surface area contributed by atoms with E-state index < -0.39 is 18.0 Å².